The van der Waals surface area contributed by atoms with Gasteiger partial charge >= 0.3 is 0 Å². The van der Waals surface area contributed by atoms with E-state index >= 15 is 0 Å². The van der Waals surface area contributed by atoms with E-state index in [2.05, 4.69) is 17.3 Å². The largest absolute Gasteiger partial charge is 0.410 e. The third-order valence-electron chi connectivity index (χ3n) is 2.42. The van der Waals surface area contributed by atoms with Crippen molar-refractivity contribution in [2.24, 2.45) is 11.1 Å². The van der Waals surface area contributed by atoms with E-state index in [-0.39, 0.29) is 5.92 Å². The SMILES string of the molecule is ON=C(Cl)C1CC1c1ccccc1. The molecular weight excluding hydrogens is 186 g/mol. The molecule has 0 aliphatic heterocycles. The Balaban J connectivity index is 2.09. The summed E-state index contributed by atoms with van der Waals surface area (Å²) in [6.07, 6.45) is 0.993. The first-order valence-electron chi connectivity index (χ1n) is 4.25. The van der Waals surface area contributed by atoms with E-state index in [1.165, 1.54) is 5.56 Å². The second-order valence-electron chi connectivity index (χ2n) is 3.28. The van der Waals surface area contributed by atoms with Gasteiger partial charge in [-0.2, -0.15) is 0 Å². The van der Waals surface area contributed by atoms with Gasteiger partial charge in [0.2, 0.25) is 0 Å². The molecule has 1 saturated carbocycles. The van der Waals surface area contributed by atoms with Crippen molar-refractivity contribution in [3.63, 3.8) is 0 Å². The summed E-state index contributed by atoms with van der Waals surface area (Å²) in [4.78, 5) is 0. The van der Waals surface area contributed by atoms with Crippen LogP contribution in [0.2, 0.25) is 0 Å². The van der Waals surface area contributed by atoms with Crippen LogP contribution in [0.25, 0.3) is 0 Å². The lowest BCUT2D eigenvalue weighted by molar-refractivity contribution is 0.319. The highest BCUT2D eigenvalue weighted by molar-refractivity contribution is 6.66. The van der Waals surface area contributed by atoms with Gasteiger partial charge in [-0.3, -0.25) is 0 Å². The summed E-state index contributed by atoms with van der Waals surface area (Å²) in [6.45, 7) is 0. The van der Waals surface area contributed by atoms with Gasteiger partial charge in [0.05, 0.1) is 0 Å². The average molecular weight is 196 g/mol. The van der Waals surface area contributed by atoms with Crippen LogP contribution in [0, 0.1) is 5.92 Å². The molecule has 1 aromatic carbocycles. The van der Waals surface area contributed by atoms with Crippen molar-refractivity contribution in [2.45, 2.75) is 12.3 Å². The van der Waals surface area contributed by atoms with Gasteiger partial charge in [0.25, 0.3) is 0 Å². The van der Waals surface area contributed by atoms with Crippen LogP contribution < -0.4 is 0 Å². The monoisotopic (exact) mass is 195 g/mol. The van der Waals surface area contributed by atoms with Gasteiger partial charge in [0.1, 0.15) is 5.17 Å². The van der Waals surface area contributed by atoms with Gasteiger partial charge in [-0.05, 0) is 17.9 Å². The van der Waals surface area contributed by atoms with Crippen molar-refractivity contribution in [2.75, 3.05) is 0 Å². The maximum Gasteiger partial charge on any atom is 0.149 e. The van der Waals surface area contributed by atoms with E-state index < -0.39 is 0 Å². The minimum atomic E-state index is 0.231. The highest BCUT2D eigenvalue weighted by Gasteiger charge is 2.41. The van der Waals surface area contributed by atoms with Crippen LogP contribution in [0.1, 0.15) is 17.9 Å². The van der Waals surface area contributed by atoms with Gasteiger partial charge in [-0.25, -0.2) is 0 Å². The van der Waals surface area contributed by atoms with Crippen LogP contribution in [-0.4, -0.2) is 10.4 Å². The molecule has 0 amide bonds. The van der Waals surface area contributed by atoms with Crippen molar-refractivity contribution in [1.29, 1.82) is 0 Å². The smallest absolute Gasteiger partial charge is 0.149 e. The van der Waals surface area contributed by atoms with E-state index in [9.17, 15) is 0 Å². The summed E-state index contributed by atoms with van der Waals surface area (Å²) < 4.78 is 0. The van der Waals surface area contributed by atoms with E-state index in [0.717, 1.165) is 6.42 Å². The predicted octanol–water partition coefficient (Wildman–Crippen LogP) is 2.82. The third-order valence-corrected chi connectivity index (χ3v) is 2.78. The molecule has 0 bridgehead atoms. The molecule has 2 unspecified atom stereocenters. The molecule has 0 spiro atoms. The first-order valence-corrected chi connectivity index (χ1v) is 4.63. The lowest BCUT2D eigenvalue weighted by Crippen LogP contribution is -1.92. The number of nitrogens with zero attached hydrogens (tertiary/aromatic N) is 1. The van der Waals surface area contributed by atoms with Crippen molar-refractivity contribution < 1.29 is 5.21 Å². The van der Waals surface area contributed by atoms with Crippen LogP contribution in [0.3, 0.4) is 0 Å². The Bertz CT molecular complexity index is 323. The number of hydrogen-bond donors (Lipinski definition) is 1. The first kappa shape index (κ1) is 8.57. The molecule has 1 fully saturated rings. The second-order valence-corrected chi connectivity index (χ2v) is 3.67. The van der Waals surface area contributed by atoms with Crippen molar-refractivity contribution in [3.05, 3.63) is 35.9 Å². The Hall–Kier alpha value is -1.02. The minimum Gasteiger partial charge on any atom is -0.410 e. The quantitative estimate of drug-likeness (QED) is 0.439. The summed E-state index contributed by atoms with van der Waals surface area (Å²) in [6, 6.07) is 10.2. The van der Waals surface area contributed by atoms with Crippen LogP contribution in [-0.2, 0) is 0 Å². The van der Waals surface area contributed by atoms with E-state index in [1.807, 2.05) is 18.2 Å². The highest BCUT2D eigenvalue weighted by Crippen LogP contribution is 2.48. The fourth-order valence-electron chi connectivity index (χ4n) is 1.60. The third kappa shape index (κ3) is 1.68. The molecule has 1 N–H and O–H groups in total. The molecule has 2 rings (SSSR count). The van der Waals surface area contributed by atoms with Gasteiger partial charge in [0.15, 0.2) is 0 Å². The van der Waals surface area contributed by atoms with Crippen molar-refractivity contribution in [3.8, 4) is 0 Å². The van der Waals surface area contributed by atoms with Crippen LogP contribution >= 0.6 is 11.6 Å². The van der Waals surface area contributed by atoms with Crippen LogP contribution in [0.4, 0.5) is 0 Å². The fourth-order valence-corrected chi connectivity index (χ4v) is 1.84. The zero-order valence-electron chi connectivity index (χ0n) is 7.02. The Labute approximate surface area is 81.8 Å². The minimum absolute atomic E-state index is 0.231. The molecule has 0 saturated heterocycles. The molecular formula is C10H10ClNO. The molecule has 1 aliphatic carbocycles. The first-order chi connectivity index (χ1) is 6.33. The number of hydrogen-bond acceptors (Lipinski definition) is 2. The molecule has 0 heterocycles. The van der Waals surface area contributed by atoms with E-state index in [4.69, 9.17) is 16.8 Å². The van der Waals surface area contributed by atoms with Gasteiger partial charge in [0, 0.05) is 5.92 Å². The summed E-state index contributed by atoms with van der Waals surface area (Å²) in [5, 5.41) is 11.8. The topological polar surface area (TPSA) is 32.6 Å². The molecule has 2 atom stereocenters. The molecule has 3 heteroatoms. The van der Waals surface area contributed by atoms with Crippen molar-refractivity contribution >= 4 is 16.8 Å². The molecule has 1 aliphatic rings. The molecule has 13 heavy (non-hydrogen) atoms. The number of rotatable bonds is 2. The summed E-state index contributed by atoms with van der Waals surface area (Å²) in [5.41, 5.74) is 1.27. The molecule has 2 nitrogen and oxygen atoms in total. The summed E-state index contributed by atoms with van der Waals surface area (Å²) in [5.74, 6) is 0.679. The van der Waals surface area contributed by atoms with Crippen LogP contribution in [0.15, 0.2) is 35.5 Å². The van der Waals surface area contributed by atoms with Gasteiger partial charge in [-0.15, -0.1) is 0 Å². The van der Waals surface area contributed by atoms with E-state index in [0.29, 0.717) is 11.1 Å². The Morgan fingerprint density at radius 1 is 1.38 bits per heavy atom. The Kier molecular flexibility index (Phi) is 2.23. The van der Waals surface area contributed by atoms with Crippen LogP contribution in [0.5, 0.6) is 0 Å². The number of benzene rings is 1. The average Bonchev–Trinajstić information content (AvgIpc) is 2.98. The maximum absolute atomic E-state index is 8.47. The Morgan fingerprint density at radius 3 is 2.69 bits per heavy atom. The molecule has 0 aromatic heterocycles. The number of oxime groups is 1. The summed E-state index contributed by atoms with van der Waals surface area (Å²) in [7, 11) is 0. The standard InChI is InChI=1S/C10H10ClNO/c11-10(12-13)9-6-8(9)7-4-2-1-3-5-7/h1-5,8-9,13H,6H2. The Morgan fingerprint density at radius 2 is 2.08 bits per heavy atom. The zero-order chi connectivity index (χ0) is 9.26. The fraction of sp³-hybridized carbons (Fsp3) is 0.300. The highest BCUT2D eigenvalue weighted by atomic mass is 35.5. The van der Waals surface area contributed by atoms with Gasteiger partial charge < -0.3 is 5.21 Å². The van der Waals surface area contributed by atoms with Gasteiger partial charge in [-0.1, -0.05) is 47.1 Å². The summed E-state index contributed by atoms with van der Waals surface area (Å²) >= 11 is 5.71. The van der Waals surface area contributed by atoms with Crippen molar-refractivity contribution in [1.82, 2.24) is 0 Å². The predicted molar refractivity (Wildman–Crippen MR) is 52.4 cm³/mol. The zero-order valence-corrected chi connectivity index (χ0v) is 7.78. The lowest BCUT2D eigenvalue weighted by atomic mass is 10.1. The second kappa shape index (κ2) is 3.38. The maximum atomic E-state index is 8.47. The van der Waals surface area contributed by atoms with E-state index in [1.54, 1.807) is 0 Å². The molecule has 0 radical (unpaired) electrons. The lowest BCUT2D eigenvalue weighted by Gasteiger charge is -1.96. The number of halogens is 1. The normalized spacial score (nSPS) is 27.3. The molecule has 1 aromatic rings. The molecule has 68 valence electrons.